The fourth-order valence-corrected chi connectivity index (χ4v) is 5.74. The SMILES string of the molecule is COCCNC(=O)C(CC(C)C)NC(=O)C1N2C(=O)CC2S(=O)(=O)C1(C)C. The smallest absolute Gasteiger partial charge is 0.245 e. The fourth-order valence-electron chi connectivity index (χ4n) is 3.61. The van der Waals surface area contributed by atoms with E-state index in [1.54, 1.807) is 0 Å². The molecule has 0 aromatic rings. The van der Waals surface area contributed by atoms with Crippen molar-refractivity contribution < 1.29 is 27.5 Å². The molecular weight excluding hydrogens is 374 g/mol. The first-order valence-corrected chi connectivity index (χ1v) is 10.6. The van der Waals surface area contributed by atoms with Gasteiger partial charge in [-0.1, -0.05) is 13.8 Å². The van der Waals surface area contributed by atoms with Crippen LogP contribution in [-0.4, -0.2) is 73.5 Å². The summed E-state index contributed by atoms with van der Waals surface area (Å²) in [4.78, 5) is 38.5. The van der Waals surface area contributed by atoms with Crippen molar-refractivity contribution in [2.75, 3.05) is 20.3 Å². The maximum atomic E-state index is 12.9. The zero-order chi connectivity index (χ0) is 20.6. The van der Waals surface area contributed by atoms with Crippen molar-refractivity contribution in [3.63, 3.8) is 0 Å². The van der Waals surface area contributed by atoms with E-state index in [0.717, 1.165) is 4.90 Å². The summed E-state index contributed by atoms with van der Waals surface area (Å²) in [6, 6.07) is -1.96. The molecule has 2 N–H and O–H groups in total. The number of methoxy groups -OCH3 is 1. The largest absolute Gasteiger partial charge is 0.383 e. The van der Waals surface area contributed by atoms with Gasteiger partial charge in [-0.3, -0.25) is 14.4 Å². The van der Waals surface area contributed by atoms with Crippen molar-refractivity contribution in [2.24, 2.45) is 5.92 Å². The van der Waals surface area contributed by atoms with Gasteiger partial charge >= 0.3 is 0 Å². The summed E-state index contributed by atoms with van der Waals surface area (Å²) in [6.45, 7) is 7.38. The number of fused-ring (bicyclic) bond motifs is 1. The fraction of sp³-hybridized carbons (Fsp3) is 0.824. The highest BCUT2D eigenvalue weighted by Crippen LogP contribution is 2.45. The number of carbonyl (C=O) groups excluding carboxylic acids is 3. The van der Waals surface area contributed by atoms with E-state index in [1.165, 1.54) is 21.0 Å². The lowest BCUT2D eigenvalue weighted by Gasteiger charge is -2.37. The minimum Gasteiger partial charge on any atom is -0.383 e. The van der Waals surface area contributed by atoms with Gasteiger partial charge in [0.05, 0.1) is 17.8 Å². The minimum atomic E-state index is -3.66. The third-order valence-electron chi connectivity index (χ3n) is 5.17. The van der Waals surface area contributed by atoms with Crippen LogP contribution in [0.3, 0.4) is 0 Å². The molecule has 2 heterocycles. The minimum absolute atomic E-state index is 0.0948. The van der Waals surface area contributed by atoms with Crippen molar-refractivity contribution >= 4 is 27.6 Å². The number of β-lactam (4-membered cyclic amide) rings is 1. The van der Waals surface area contributed by atoms with Crippen LogP contribution in [0.5, 0.6) is 0 Å². The van der Waals surface area contributed by atoms with Crippen molar-refractivity contribution in [3.8, 4) is 0 Å². The second-order valence-corrected chi connectivity index (χ2v) is 10.7. The molecule has 9 nitrogen and oxygen atoms in total. The van der Waals surface area contributed by atoms with Gasteiger partial charge in [0.1, 0.15) is 17.5 Å². The van der Waals surface area contributed by atoms with Crippen LogP contribution in [-0.2, 0) is 29.0 Å². The van der Waals surface area contributed by atoms with Crippen LogP contribution in [0.15, 0.2) is 0 Å². The van der Waals surface area contributed by atoms with E-state index >= 15 is 0 Å². The zero-order valence-corrected chi connectivity index (χ0v) is 17.3. The Morgan fingerprint density at radius 2 is 1.96 bits per heavy atom. The Morgan fingerprint density at radius 1 is 1.33 bits per heavy atom. The topological polar surface area (TPSA) is 122 Å². The third-order valence-corrected chi connectivity index (χ3v) is 7.97. The van der Waals surface area contributed by atoms with E-state index < -0.39 is 37.9 Å². The van der Waals surface area contributed by atoms with Gasteiger partial charge in [-0.15, -0.1) is 0 Å². The predicted octanol–water partition coefficient (Wildman–Crippen LogP) is -0.586. The lowest BCUT2D eigenvalue weighted by molar-refractivity contribution is -0.150. The van der Waals surface area contributed by atoms with Gasteiger partial charge in [-0.05, 0) is 26.2 Å². The first-order chi connectivity index (χ1) is 12.4. The molecule has 0 aromatic carbocycles. The summed E-state index contributed by atoms with van der Waals surface area (Å²) < 4.78 is 28.8. The number of nitrogens with zero attached hydrogens (tertiary/aromatic N) is 1. The van der Waals surface area contributed by atoms with E-state index in [2.05, 4.69) is 10.6 Å². The zero-order valence-electron chi connectivity index (χ0n) is 16.4. The molecule has 2 saturated heterocycles. The highest BCUT2D eigenvalue weighted by atomic mass is 32.2. The molecule has 0 bridgehead atoms. The first kappa shape index (κ1) is 21.6. The molecule has 3 atom stereocenters. The maximum Gasteiger partial charge on any atom is 0.245 e. The van der Waals surface area contributed by atoms with Crippen LogP contribution in [0.1, 0.15) is 40.5 Å². The van der Waals surface area contributed by atoms with E-state index in [-0.39, 0.29) is 24.2 Å². The standard InChI is InChI=1S/C17H29N3O6S/c1-10(2)8-11(15(22)18-6-7-26-5)19-16(23)14-17(3,4)27(24,25)13-9-12(21)20(13)14/h10-11,13-14H,6-9H2,1-5H3,(H,18,22)(H,19,23). The van der Waals surface area contributed by atoms with Crippen LogP contribution >= 0.6 is 0 Å². The summed E-state index contributed by atoms with van der Waals surface area (Å²) in [5.74, 6) is -1.22. The Labute approximate surface area is 160 Å². The number of hydrogen-bond donors (Lipinski definition) is 2. The van der Waals surface area contributed by atoms with E-state index in [9.17, 15) is 22.8 Å². The van der Waals surface area contributed by atoms with Crippen LogP contribution in [0.25, 0.3) is 0 Å². The molecule has 0 aliphatic carbocycles. The molecule has 2 aliphatic heterocycles. The highest BCUT2D eigenvalue weighted by molar-refractivity contribution is 7.93. The van der Waals surface area contributed by atoms with E-state index in [1.807, 2.05) is 13.8 Å². The third kappa shape index (κ3) is 3.82. The van der Waals surface area contributed by atoms with Gasteiger partial charge in [0, 0.05) is 13.7 Å². The number of rotatable bonds is 8. The Kier molecular flexibility index (Phi) is 6.20. The van der Waals surface area contributed by atoms with E-state index in [4.69, 9.17) is 4.74 Å². The summed E-state index contributed by atoms with van der Waals surface area (Å²) >= 11 is 0. The predicted molar refractivity (Wildman–Crippen MR) is 98.3 cm³/mol. The summed E-state index contributed by atoms with van der Waals surface area (Å²) in [5, 5.41) is 4.40. The van der Waals surface area contributed by atoms with Gasteiger partial charge in [0.2, 0.25) is 17.7 Å². The molecule has 3 amide bonds. The van der Waals surface area contributed by atoms with Gasteiger partial charge < -0.3 is 20.3 Å². The van der Waals surface area contributed by atoms with Gasteiger partial charge in [0.15, 0.2) is 9.84 Å². The lowest BCUT2D eigenvalue weighted by atomic mass is 9.96. The molecule has 0 radical (unpaired) electrons. The van der Waals surface area contributed by atoms with Crippen molar-refractivity contribution in [3.05, 3.63) is 0 Å². The molecule has 10 heteroatoms. The molecule has 0 saturated carbocycles. The first-order valence-electron chi connectivity index (χ1n) is 9.06. The Morgan fingerprint density at radius 3 is 2.48 bits per heavy atom. The van der Waals surface area contributed by atoms with Crippen LogP contribution in [0.2, 0.25) is 0 Å². The number of nitrogens with one attached hydrogen (secondary N) is 2. The maximum absolute atomic E-state index is 12.9. The molecule has 2 aliphatic rings. The van der Waals surface area contributed by atoms with Gasteiger partial charge in [0.25, 0.3) is 0 Å². The molecule has 27 heavy (non-hydrogen) atoms. The van der Waals surface area contributed by atoms with Crippen molar-refractivity contribution in [2.45, 2.75) is 62.7 Å². The van der Waals surface area contributed by atoms with Gasteiger partial charge in [-0.25, -0.2) is 8.42 Å². The molecular formula is C17H29N3O6S. The van der Waals surface area contributed by atoms with Crippen LogP contribution < -0.4 is 10.6 Å². The number of amides is 3. The van der Waals surface area contributed by atoms with E-state index in [0.29, 0.717) is 19.6 Å². The lowest BCUT2D eigenvalue weighted by Crippen LogP contribution is -2.61. The number of sulfone groups is 1. The Bertz CT molecular complexity index is 718. The number of ether oxygens (including phenoxy) is 1. The quantitative estimate of drug-likeness (QED) is 0.413. The van der Waals surface area contributed by atoms with Crippen molar-refractivity contribution in [1.29, 1.82) is 0 Å². The second-order valence-electron chi connectivity index (χ2n) is 7.99. The second kappa shape index (κ2) is 7.75. The molecule has 0 aromatic heterocycles. The Hall–Kier alpha value is -1.68. The van der Waals surface area contributed by atoms with Crippen molar-refractivity contribution in [1.82, 2.24) is 15.5 Å². The normalized spacial score (nSPS) is 26.3. The van der Waals surface area contributed by atoms with Crippen LogP contribution in [0, 0.1) is 5.92 Å². The van der Waals surface area contributed by atoms with Gasteiger partial charge in [-0.2, -0.15) is 0 Å². The number of carbonyl (C=O) groups is 3. The molecule has 2 fully saturated rings. The Balaban J connectivity index is 2.18. The summed E-state index contributed by atoms with van der Waals surface area (Å²) in [7, 11) is -2.15. The average molecular weight is 404 g/mol. The summed E-state index contributed by atoms with van der Waals surface area (Å²) in [5.41, 5.74) is 0. The molecule has 3 unspecified atom stereocenters. The average Bonchev–Trinajstić information content (AvgIpc) is 2.67. The number of hydrogen-bond acceptors (Lipinski definition) is 6. The molecule has 154 valence electrons. The molecule has 2 rings (SSSR count). The van der Waals surface area contributed by atoms with Crippen LogP contribution in [0.4, 0.5) is 0 Å². The monoisotopic (exact) mass is 403 g/mol. The molecule has 0 spiro atoms. The highest BCUT2D eigenvalue weighted by Gasteiger charge is 2.67. The summed E-state index contributed by atoms with van der Waals surface area (Å²) in [6.07, 6.45) is 0.296.